The third-order valence-corrected chi connectivity index (χ3v) is 4.14. The summed E-state index contributed by atoms with van der Waals surface area (Å²) in [5, 5.41) is 12.7. The lowest BCUT2D eigenvalue weighted by Gasteiger charge is -2.12. The van der Waals surface area contributed by atoms with Crippen molar-refractivity contribution in [3.05, 3.63) is 88.7 Å². The quantitative estimate of drug-likeness (QED) is 0.678. The van der Waals surface area contributed by atoms with E-state index < -0.39 is 0 Å². The molecule has 0 aliphatic rings. The Labute approximate surface area is 157 Å². The van der Waals surface area contributed by atoms with Gasteiger partial charge in [0.15, 0.2) is 0 Å². The van der Waals surface area contributed by atoms with Crippen LogP contribution in [0.3, 0.4) is 0 Å². The van der Waals surface area contributed by atoms with Gasteiger partial charge in [0.05, 0.1) is 5.56 Å². The maximum Gasteiger partial charge on any atom is 0.255 e. The number of carbonyl (C=O) groups excluding carboxylic acids is 1. The number of benzene rings is 3. The van der Waals surface area contributed by atoms with E-state index in [0.717, 1.165) is 16.7 Å². The second kappa shape index (κ2) is 7.91. The van der Waals surface area contributed by atoms with Gasteiger partial charge in [0.1, 0.15) is 23.1 Å². The van der Waals surface area contributed by atoms with Crippen molar-refractivity contribution >= 4 is 5.91 Å². The topological polar surface area (TPSA) is 58.6 Å². The Morgan fingerprint density at radius 1 is 1.04 bits per heavy atom. The van der Waals surface area contributed by atoms with Gasteiger partial charge in [-0.25, -0.2) is 4.39 Å². The van der Waals surface area contributed by atoms with E-state index in [0.29, 0.717) is 11.5 Å². The molecule has 1 amide bonds. The molecule has 0 fully saturated rings. The monoisotopic (exact) mass is 365 g/mol. The zero-order valence-electron chi connectivity index (χ0n) is 15.1. The standard InChI is InChI=1S/C22H20FNO3/c1-14-3-10-20(25)19(11-14)22(26)24-13-16-5-4-15(2)21(12-16)27-18-8-6-17(23)7-9-18/h3-12,25H,13H2,1-2H3,(H,24,26). The van der Waals surface area contributed by atoms with Gasteiger partial charge in [-0.2, -0.15) is 0 Å². The van der Waals surface area contributed by atoms with E-state index in [-0.39, 0.29) is 29.6 Å². The summed E-state index contributed by atoms with van der Waals surface area (Å²) in [6, 6.07) is 16.3. The van der Waals surface area contributed by atoms with Gasteiger partial charge >= 0.3 is 0 Å². The highest BCUT2D eigenvalue weighted by molar-refractivity contribution is 5.96. The van der Waals surface area contributed by atoms with Gasteiger partial charge in [-0.3, -0.25) is 4.79 Å². The highest BCUT2D eigenvalue weighted by Gasteiger charge is 2.11. The number of rotatable bonds is 5. The highest BCUT2D eigenvalue weighted by atomic mass is 19.1. The predicted molar refractivity (Wildman–Crippen MR) is 102 cm³/mol. The molecule has 4 nitrogen and oxygen atoms in total. The van der Waals surface area contributed by atoms with E-state index in [1.807, 2.05) is 32.0 Å². The first-order chi connectivity index (χ1) is 12.9. The fourth-order valence-electron chi connectivity index (χ4n) is 2.60. The molecular formula is C22H20FNO3. The van der Waals surface area contributed by atoms with Gasteiger partial charge < -0.3 is 15.2 Å². The minimum atomic E-state index is -0.349. The molecular weight excluding hydrogens is 345 g/mol. The van der Waals surface area contributed by atoms with Crippen LogP contribution in [0.5, 0.6) is 17.2 Å². The summed E-state index contributed by atoms with van der Waals surface area (Å²) < 4.78 is 18.8. The molecule has 0 radical (unpaired) electrons. The minimum Gasteiger partial charge on any atom is -0.507 e. The van der Waals surface area contributed by atoms with E-state index >= 15 is 0 Å². The van der Waals surface area contributed by atoms with E-state index in [1.54, 1.807) is 24.3 Å². The summed E-state index contributed by atoms with van der Waals surface area (Å²) in [6.07, 6.45) is 0. The van der Waals surface area contributed by atoms with E-state index in [4.69, 9.17) is 4.74 Å². The molecule has 0 bridgehead atoms. The third-order valence-electron chi connectivity index (χ3n) is 4.14. The summed E-state index contributed by atoms with van der Waals surface area (Å²) >= 11 is 0. The minimum absolute atomic E-state index is 0.0534. The average Bonchev–Trinajstić information content (AvgIpc) is 2.66. The zero-order valence-corrected chi connectivity index (χ0v) is 15.1. The van der Waals surface area contributed by atoms with Gasteiger partial charge in [-0.05, 0) is 67.4 Å². The molecule has 0 aromatic heterocycles. The summed E-state index contributed by atoms with van der Waals surface area (Å²) in [6.45, 7) is 4.05. The molecule has 138 valence electrons. The van der Waals surface area contributed by atoms with Crippen molar-refractivity contribution in [2.45, 2.75) is 20.4 Å². The predicted octanol–water partition coefficient (Wildman–Crippen LogP) is 4.87. The van der Waals surface area contributed by atoms with Crippen LogP contribution in [0, 0.1) is 19.7 Å². The number of amides is 1. The summed E-state index contributed by atoms with van der Waals surface area (Å²) in [5.74, 6) is 0.437. The van der Waals surface area contributed by atoms with Crippen molar-refractivity contribution in [3.8, 4) is 17.2 Å². The second-order valence-electron chi connectivity index (χ2n) is 6.36. The summed E-state index contributed by atoms with van der Waals surface area (Å²) in [4.78, 5) is 12.3. The van der Waals surface area contributed by atoms with Crippen molar-refractivity contribution in [1.29, 1.82) is 0 Å². The molecule has 0 unspecified atom stereocenters. The van der Waals surface area contributed by atoms with Crippen LogP contribution in [0.4, 0.5) is 4.39 Å². The second-order valence-corrected chi connectivity index (χ2v) is 6.36. The number of halogens is 1. The number of hydrogen-bond donors (Lipinski definition) is 2. The zero-order chi connectivity index (χ0) is 19.4. The van der Waals surface area contributed by atoms with Gasteiger partial charge in [0, 0.05) is 6.54 Å². The van der Waals surface area contributed by atoms with Crippen molar-refractivity contribution in [3.63, 3.8) is 0 Å². The molecule has 0 heterocycles. The molecule has 5 heteroatoms. The first-order valence-corrected chi connectivity index (χ1v) is 8.53. The lowest BCUT2D eigenvalue weighted by molar-refractivity contribution is 0.0948. The third kappa shape index (κ3) is 4.64. The molecule has 2 N–H and O–H groups in total. The molecule has 3 rings (SSSR count). The average molecular weight is 365 g/mol. The Morgan fingerprint density at radius 3 is 2.52 bits per heavy atom. The number of nitrogens with one attached hydrogen (secondary N) is 1. The van der Waals surface area contributed by atoms with Gasteiger partial charge in [-0.1, -0.05) is 23.8 Å². The van der Waals surface area contributed by atoms with Gasteiger partial charge in [-0.15, -0.1) is 0 Å². The number of ether oxygens (including phenoxy) is 1. The van der Waals surface area contributed by atoms with Crippen molar-refractivity contribution < 1.29 is 19.0 Å². The number of phenolic OH excluding ortho intramolecular Hbond substituents is 1. The number of carbonyl (C=O) groups is 1. The van der Waals surface area contributed by atoms with Gasteiger partial charge in [0.25, 0.3) is 5.91 Å². The van der Waals surface area contributed by atoms with Crippen LogP contribution in [0.1, 0.15) is 27.0 Å². The van der Waals surface area contributed by atoms with E-state index in [2.05, 4.69) is 5.32 Å². The summed E-state index contributed by atoms with van der Waals surface area (Å²) in [5.41, 5.74) is 2.90. The molecule has 3 aromatic rings. The Kier molecular flexibility index (Phi) is 5.41. The summed E-state index contributed by atoms with van der Waals surface area (Å²) in [7, 11) is 0. The maximum atomic E-state index is 13.0. The first-order valence-electron chi connectivity index (χ1n) is 8.53. The van der Waals surface area contributed by atoms with Gasteiger partial charge in [0.2, 0.25) is 0 Å². The van der Waals surface area contributed by atoms with Crippen LogP contribution in [-0.2, 0) is 6.54 Å². The van der Waals surface area contributed by atoms with Crippen molar-refractivity contribution in [2.75, 3.05) is 0 Å². The maximum absolute atomic E-state index is 13.0. The first kappa shape index (κ1) is 18.5. The number of aryl methyl sites for hydroxylation is 2. The molecule has 3 aromatic carbocycles. The molecule has 0 aliphatic carbocycles. The lowest BCUT2D eigenvalue weighted by Crippen LogP contribution is -2.23. The Morgan fingerprint density at radius 2 is 1.78 bits per heavy atom. The van der Waals surface area contributed by atoms with Crippen LogP contribution >= 0.6 is 0 Å². The number of phenols is 1. The highest BCUT2D eigenvalue weighted by Crippen LogP contribution is 2.26. The van der Waals surface area contributed by atoms with Crippen LogP contribution in [0.25, 0.3) is 0 Å². The fourth-order valence-corrected chi connectivity index (χ4v) is 2.60. The Bertz CT molecular complexity index is 968. The van der Waals surface area contributed by atoms with E-state index in [1.165, 1.54) is 18.2 Å². The van der Waals surface area contributed by atoms with Crippen LogP contribution in [0.2, 0.25) is 0 Å². The van der Waals surface area contributed by atoms with Crippen molar-refractivity contribution in [2.24, 2.45) is 0 Å². The SMILES string of the molecule is Cc1ccc(O)c(C(=O)NCc2ccc(C)c(Oc3ccc(F)cc3)c2)c1. The van der Waals surface area contributed by atoms with Crippen LogP contribution < -0.4 is 10.1 Å². The molecule has 27 heavy (non-hydrogen) atoms. The normalized spacial score (nSPS) is 10.5. The number of aromatic hydroxyl groups is 1. The molecule has 0 aliphatic heterocycles. The number of hydrogen-bond acceptors (Lipinski definition) is 3. The Hall–Kier alpha value is -3.34. The van der Waals surface area contributed by atoms with Crippen molar-refractivity contribution in [1.82, 2.24) is 5.32 Å². The smallest absolute Gasteiger partial charge is 0.255 e. The molecule has 0 spiro atoms. The molecule has 0 saturated carbocycles. The molecule has 0 atom stereocenters. The van der Waals surface area contributed by atoms with E-state index in [9.17, 15) is 14.3 Å². The van der Waals surface area contributed by atoms with Crippen LogP contribution in [0.15, 0.2) is 60.7 Å². The fraction of sp³-hybridized carbons (Fsp3) is 0.136. The molecule has 0 saturated heterocycles. The lowest BCUT2D eigenvalue weighted by atomic mass is 10.1. The van der Waals surface area contributed by atoms with Crippen LogP contribution in [-0.4, -0.2) is 11.0 Å². The Balaban J connectivity index is 1.71. The largest absolute Gasteiger partial charge is 0.507 e.